The molecule has 0 amide bonds. The normalized spacial score (nSPS) is 13.9. The molecule has 0 spiro atoms. The van der Waals surface area contributed by atoms with Gasteiger partial charge in [0, 0.05) is 0 Å². The molecule has 0 heteroatoms. The van der Waals surface area contributed by atoms with Gasteiger partial charge in [-0.2, -0.15) is 0 Å². The smallest absolute Gasteiger partial charge is 0.00130 e. The van der Waals surface area contributed by atoms with E-state index in [1.807, 2.05) is 0 Å². The number of rotatable bonds is 0. The third-order valence-electron chi connectivity index (χ3n) is 4.42. The second-order valence-electron chi connectivity index (χ2n) is 5.44. The summed E-state index contributed by atoms with van der Waals surface area (Å²) >= 11 is 0. The summed E-state index contributed by atoms with van der Waals surface area (Å²) in [6, 6.07) is 17.9. The molecular formula is C19H12. The first-order valence-corrected chi connectivity index (χ1v) is 6.77. The Kier molecular flexibility index (Phi) is 1.59. The molecular weight excluding hydrogens is 228 g/mol. The molecule has 0 bridgehead atoms. The fourth-order valence-corrected chi connectivity index (χ4v) is 3.64. The van der Waals surface area contributed by atoms with E-state index in [2.05, 4.69) is 60.7 Å². The molecule has 5 rings (SSSR count). The van der Waals surface area contributed by atoms with Crippen molar-refractivity contribution in [3.8, 4) is 11.1 Å². The molecule has 2 aliphatic carbocycles. The summed E-state index contributed by atoms with van der Waals surface area (Å²) in [6.07, 6.45) is 5.56. The Labute approximate surface area is 112 Å². The molecule has 0 N–H and O–H groups in total. The number of fused-ring (bicyclic) bond motifs is 4. The summed E-state index contributed by atoms with van der Waals surface area (Å²) < 4.78 is 0. The molecule has 0 saturated carbocycles. The van der Waals surface area contributed by atoms with Gasteiger partial charge in [0.1, 0.15) is 0 Å². The maximum absolute atomic E-state index is 2.38. The van der Waals surface area contributed by atoms with Crippen molar-refractivity contribution >= 4 is 22.9 Å². The van der Waals surface area contributed by atoms with Gasteiger partial charge < -0.3 is 0 Å². The minimum Gasteiger partial charge on any atom is -0.0619 e. The van der Waals surface area contributed by atoms with Crippen molar-refractivity contribution in [2.24, 2.45) is 0 Å². The van der Waals surface area contributed by atoms with Gasteiger partial charge in [0.2, 0.25) is 0 Å². The van der Waals surface area contributed by atoms with E-state index in [0.717, 1.165) is 6.42 Å². The molecule has 0 fully saturated rings. The molecule has 0 radical (unpaired) electrons. The van der Waals surface area contributed by atoms with E-state index in [1.165, 1.54) is 44.2 Å². The summed E-state index contributed by atoms with van der Waals surface area (Å²) in [4.78, 5) is 0. The standard InChI is InChI=1S/C19H12/c1-2-6-16-13(4-1)10-15-11-14-9-8-12-5-3-7-17(18(12)14)19(15)16/h1-9,11H,10H2. The van der Waals surface area contributed by atoms with Crippen molar-refractivity contribution in [3.05, 3.63) is 70.8 Å². The van der Waals surface area contributed by atoms with E-state index in [4.69, 9.17) is 0 Å². The lowest BCUT2D eigenvalue weighted by molar-refractivity contribution is 1.26. The average Bonchev–Trinajstić information content (AvgIpc) is 3.02. The average molecular weight is 240 g/mol. The van der Waals surface area contributed by atoms with E-state index in [9.17, 15) is 0 Å². The zero-order valence-corrected chi connectivity index (χ0v) is 10.5. The van der Waals surface area contributed by atoms with Gasteiger partial charge in [0.15, 0.2) is 0 Å². The minimum absolute atomic E-state index is 1.08. The topological polar surface area (TPSA) is 0 Å². The first-order chi connectivity index (χ1) is 9.42. The van der Waals surface area contributed by atoms with Gasteiger partial charge in [-0.25, -0.2) is 0 Å². The summed E-state index contributed by atoms with van der Waals surface area (Å²) in [5, 5.41) is 2.85. The van der Waals surface area contributed by atoms with Crippen LogP contribution in [0.4, 0.5) is 0 Å². The molecule has 0 aromatic heterocycles. The molecule has 0 saturated heterocycles. The fraction of sp³-hybridized carbons (Fsp3) is 0.0526. The van der Waals surface area contributed by atoms with Gasteiger partial charge >= 0.3 is 0 Å². The van der Waals surface area contributed by atoms with Crippen LogP contribution in [-0.4, -0.2) is 0 Å². The van der Waals surface area contributed by atoms with Crippen molar-refractivity contribution in [1.82, 2.24) is 0 Å². The molecule has 0 nitrogen and oxygen atoms in total. The van der Waals surface area contributed by atoms with Crippen LogP contribution in [0, 0.1) is 0 Å². The minimum atomic E-state index is 1.08. The molecule has 0 unspecified atom stereocenters. The van der Waals surface area contributed by atoms with Gasteiger partial charge in [-0.05, 0) is 50.6 Å². The van der Waals surface area contributed by atoms with Gasteiger partial charge in [-0.15, -0.1) is 0 Å². The fourth-order valence-electron chi connectivity index (χ4n) is 3.64. The largest absolute Gasteiger partial charge is 0.0619 e. The highest BCUT2D eigenvalue weighted by atomic mass is 14.3. The Morgan fingerprint density at radius 3 is 2.63 bits per heavy atom. The van der Waals surface area contributed by atoms with E-state index in [-0.39, 0.29) is 0 Å². The Morgan fingerprint density at radius 2 is 1.63 bits per heavy atom. The monoisotopic (exact) mass is 240 g/mol. The van der Waals surface area contributed by atoms with E-state index < -0.39 is 0 Å². The van der Waals surface area contributed by atoms with E-state index in [0.29, 0.717) is 0 Å². The lowest BCUT2D eigenvalue weighted by Crippen LogP contribution is -1.86. The second kappa shape index (κ2) is 3.16. The lowest BCUT2D eigenvalue weighted by Gasteiger charge is -2.09. The second-order valence-corrected chi connectivity index (χ2v) is 5.44. The third kappa shape index (κ3) is 1.09. The van der Waals surface area contributed by atoms with Crippen LogP contribution >= 0.6 is 0 Å². The van der Waals surface area contributed by atoms with Crippen molar-refractivity contribution < 1.29 is 0 Å². The highest BCUT2D eigenvalue weighted by molar-refractivity contribution is 6.12. The van der Waals surface area contributed by atoms with Crippen molar-refractivity contribution in [3.63, 3.8) is 0 Å². The van der Waals surface area contributed by atoms with Crippen LogP contribution in [0.25, 0.3) is 34.1 Å². The summed E-state index contributed by atoms with van der Waals surface area (Å²) in [6.45, 7) is 0. The van der Waals surface area contributed by atoms with Crippen molar-refractivity contribution in [2.75, 3.05) is 0 Å². The Balaban J connectivity index is 2.01. The van der Waals surface area contributed by atoms with Crippen LogP contribution in [0.2, 0.25) is 0 Å². The van der Waals surface area contributed by atoms with Crippen LogP contribution in [0.5, 0.6) is 0 Å². The van der Waals surface area contributed by atoms with Crippen LogP contribution in [0.15, 0.2) is 48.5 Å². The molecule has 0 atom stereocenters. The highest BCUT2D eigenvalue weighted by Crippen LogP contribution is 2.45. The molecule has 88 valence electrons. The maximum atomic E-state index is 2.38. The Morgan fingerprint density at radius 1 is 0.737 bits per heavy atom. The zero-order valence-electron chi connectivity index (χ0n) is 10.5. The quantitative estimate of drug-likeness (QED) is 0.361. The van der Waals surface area contributed by atoms with Crippen LogP contribution in [-0.2, 0) is 6.42 Å². The van der Waals surface area contributed by atoms with Crippen molar-refractivity contribution in [2.45, 2.75) is 6.42 Å². The van der Waals surface area contributed by atoms with Gasteiger partial charge in [0.05, 0.1) is 0 Å². The first kappa shape index (κ1) is 9.57. The SMILES string of the molecule is C1=Cc2cc3c(c4cccc1c24)-c1ccccc1C3. The van der Waals surface area contributed by atoms with Crippen molar-refractivity contribution in [1.29, 1.82) is 0 Å². The van der Waals surface area contributed by atoms with E-state index in [1.54, 1.807) is 0 Å². The van der Waals surface area contributed by atoms with Gasteiger partial charge in [-0.1, -0.05) is 60.7 Å². The Bertz CT molecular complexity index is 882. The highest BCUT2D eigenvalue weighted by Gasteiger charge is 2.23. The summed E-state index contributed by atoms with van der Waals surface area (Å²) in [5.74, 6) is 0. The maximum Gasteiger partial charge on any atom is -0.00130 e. The molecule has 0 heterocycles. The summed E-state index contributed by atoms with van der Waals surface area (Å²) in [5.41, 5.74) is 8.57. The van der Waals surface area contributed by atoms with Crippen LogP contribution in [0.3, 0.4) is 0 Å². The molecule has 3 aromatic carbocycles. The molecule has 2 aliphatic rings. The molecule has 0 aliphatic heterocycles. The Hall–Kier alpha value is -2.34. The van der Waals surface area contributed by atoms with Gasteiger partial charge in [-0.3, -0.25) is 0 Å². The van der Waals surface area contributed by atoms with Crippen LogP contribution < -0.4 is 0 Å². The summed E-state index contributed by atoms with van der Waals surface area (Å²) in [7, 11) is 0. The van der Waals surface area contributed by atoms with Crippen LogP contribution in [0.1, 0.15) is 22.3 Å². The number of hydrogen-bond acceptors (Lipinski definition) is 0. The lowest BCUT2D eigenvalue weighted by atomic mass is 9.94. The predicted molar refractivity (Wildman–Crippen MR) is 81.1 cm³/mol. The number of hydrogen-bond donors (Lipinski definition) is 0. The first-order valence-electron chi connectivity index (χ1n) is 6.77. The number of benzene rings is 3. The molecule has 3 aromatic rings. The van der Waals surface area contributed by atoms with Gasteiger partial charge in [0.25, 0.3) is 0 Å². The predicted octanol–water partition coefficient (Wildman–Crippen LogP) is 4.89. The molecule has 19 heavy (non-hydrogen) atoms. The zero-order chi connectivity index (χ0) is 12.4. The third-order valence-corrected chi connectivity index (χ3v) is 4.42. The van der Waals surface area contributed by atoms with E-state index >= 15 is 0 Å².